The summed E-state index contributed by atoms with van der Waals surface area (Å²) in [6.45, 7) is 3.02. The normalized spacial score (nSPS) is 18.3. The maximum absolute atomic E-state index is 13.9. The summed E-state index contributed by atoms with van der Waals surface area (Å²) in [7, 11) is 0. The summed E-state index contributed by atoms with van der Waals surface area (Å²) >= 11 is 0. The zero-order chi connectivity index (χ0) is 23.5. The van der Waals surface area contributed by atoms with E-state index < -0.39 is 29.1 Å². The van der Waals surface area contributed by atoms with Gasteiger partial charge in [-0.1, -0.05) is 12.1 Å². The molecule has 2 amide bonds. The van der Waals surface area contributed by atoms with Gasteiger partial charge in [-0.3, -0.25) is 24.2 Å². The van der Waals surface area contributed by atoms with E-state index >= 15 is 0 Å². The smallest absolute Gasteiger partial charge is 0.309 e. The average Bonchev–Trinajstić information content (AvgIpc) is 2.80. The summed E-state index contributed by atoms with van der Waals surface area (Å²) in [4.78, 5) is 58.8. The van der Waals surface area contributed by atoms with Gasteiger partial charge < -0.3 is 20.3 Å². The first-order chi connectivity index (χ1) is 15.9. The Labute approximate surface area is 188 Å². The van der Waals surface area contributed by atoms with E-state index in [2.05, 4.69) is 20.6 Å². The molecule has 174 valence electrons. The molecule has 11 heteroatoms. The van der Waals surface area contributed by atoms with Gasteiger partial charge in [0.15, 0.2) is 0 Å². The maximum atomic E-state index is 13.9. The highest BCUT2D eigenvalue weighted by molar-refractivity contribution is 6.04. The van der Waals surface area contributed by atoms with Gasteiger partial charge in [-0.15, -0.1) is 0 Å². The molecule has 2 aliphatic heterocycles. The van der Waals surface area contributed by atoms with E-state index in [1.54, 1.807) is 13.0 Å². The number of fused-ring (bicyclic) bond motifs is 1. The molecule has 0 aliphatic carbocycles. The van der Waals surface area contributed by atoms with Crippen molar-refractivity contribution in [3.8, 4) is 0 Å². The fraction of sp³-hybridized carbons (Fsp3) is 0.409. The Bertz CT molecular complexity index is 1140. The van der Waals surface area contributed by atoms with Crippen LogP contribution in [0.3, 0.4) is 0 Å². The van der Waals surface area contributed by atoms with E-state index in [0.29, 0.717) is 32.5 Å². The maximum Gasteiger partial charge on any atom is 0.309 e. The minimum Gasteiger partial charge on any atom is -0.466 e. The lowest BCUT2D eigenvalue weighted by Gasteiger charge is -2.32. The van der Waals surface area contributed by atoms with Crippen molar-refractivity contribution in [1.82, 2.24) is 9.97 Å². The highest BCUT2D eigenvalue weighted by Gasteiger charge is 2.36. The third-order valence-electron chi connectivity index (χ3n) is 5.80. The number of nitrogens with zero attached hydrogens (tertiary/aromatic N) is 2. The zero-order valence-electron chi connectivity index (χ0n) is 18.0. The average molecular weight is 457 g/mol. The van der Waals surface area contributed by atoms with Crippen LogP contribution in [0.25, 0.3) is 0 Å². The number of anilines is 3. The molecule has 0 bridgehead atoms. The number of piperidine rings is 1. The van der Waals surface area contributed by atoms with Crippen molar-refractivity contribution in [3.63, 3.8) is 0 Å². The predicted molar refractivity (Wildman–Crippen MR) is 117 cm³/mol. The Morgan fingerprint density at radius 1 is 1.24 bits per heavy atom. The molecule has 1 atom stereocenters. The van der Waals surface area contributed by atoms with Crippen molar-refractivity contribution in [2.45, 2.75) is 32.1 Å². The number of carbonyl (C=O) groups excluding carboxylic acids is 3. The number of hydrogen-bond donors (Lipinski definition) is 3. The Hall–Kier alpha value is -3.76. The van der Waals surface area contributed by atoms with Crippen molar-refractivity contribution < 1.29 is 23.5 Å². The van der Waals surface area contributed by atoms with Gasteiger partial charge >= 0.3 is 5.97 Å². The fourth-order valence-electron chi connectivity index (χ4n) is 4.10. The lowest BCUT2D eigenvalue weighted by Crippen LogP contribution is -2.41. The minimum absolute atomic E-state index is 0.00574. The molecule has 0 spiro atoms. The molecular formula is C22H24FN5O5. The largest absolute Gasteiger partial charge is 0.466 e. The molecule has 4 rings (SSSR count). The molecule has 33 heavy (non-hydrogen) atoms. The van der Waals surface area contributed by atoms with Crippen LogP contribution >= 0.6 is 0 Å². The van der Waals surface area contributed by atoms with E-state index in [0.717, 1.165) is 0 Å². The van der Waals surface area contributed by atoms with Gasteiger partial charge in [-0.25, -0.2) is 4.39 Å². The second-order valence-electron chi connectivity index (χ2n) is 7.94. The number of nitrogens with one attached hydrogen (secondary N) is 3. The topological polar surface area (TPSA) is 133 Å². The second-order valence-corrected chi connectivity index (χ2v) is 7.94. The number of aromatic amines is 1. The predicted octanol–water partition coefficient (Wildman–Crippen LogP) is 1.75. The fourth-order valence-corrected chi connectivity index (χ4v) is 4.10. The number of aromatic nitrogens is 2. The van der Waals surface area contributed by atoms with Crippen LogP contribution < -0.4 is 21.1 Å². The summed E-state index contributed by atoms with van der Waals surface area (Å²) < 4.78 is 19.0. The number of halogens is 1. The van der Waals surface area contributed by atoms with E-state index in [4.69, 9.17) is 4.74 Å². The number of rotatable bonds is 5. The number of amides is 2. The molecule has 0 saturated carbocycles. The lowest BCUT2D eigenvalue weighted by molar-refractivity contribution is -0.148. The number of H-pyrrole nitrogens is 1. The molecule has 3 heterocycles. The van der Waals surface area contributed by atoms with Crippen LogP contribution in [-0.2, 0) is 19.1 Å². The number of carbonyl (C=O) groups is 3. The Kier molecular flexibility index (Phi) is 6.38. The zero-order valence-corrected chi connectivity index (χ0v) is 18.0. The van der Waals surface area contributed by atoms with Gasteiger partial charge in [-0.2, -0.15) is 4.98 Å². The van der Waals surface area contributed by atoms with Crippen LogP contribution in [-0.4, -0.2) is 47.4 Å². The van der Waals surface area contributed by atoms with Gasteiger partial charge in [0, 0.05) is 19.5 Å². The highest BCUT2D eigenvalue weighted by atomic mass is 19.1. The van der Waals surface area contributed by atoms with E-state index in [-0.39, 0.29) is 41.3 Å². The quantitative estimate of drug-likeness (QED) is 0.583. The van der Waals surface area contributed by atoms with Crippen LogP contribution in [0, 0.1) is 11.7 Å². The van der Waals surface area contributed by atoms with E-state index in [1.165, 1.54) is 18.2 Å². The molecular weight excluding hydrogens is 433 g/mol. The molecule has 3 N–H and O–H groups in total. The molecule has 1 aromatic carbocycles. The molecule has 1 fully saturated rings. The van der Waals surface area contributed by atoms with Crippen LogP contribution in [0.2, 0.25) is 0 Å². The van der Waals surface area contributed by atoms with Crippen LogP contribution in [0.4, 0.5) is 21.8 Å². The summed E-state index contributed by atoms with van der Waals surface area (Å²) in [6.07, 6.45) is 0.821. The molecule has 1 saturated heterocycles. The first-order valence-corrected chi connectivity index (χ1v) is 10.8. The molecule has 2 aromatic rings. The molecule has 1 aromatic heterocycles. The van der Waals surface area contributed by atoms with Gasteiger partial charge in [0.1, 0.15) is 11.6 Å². The summed E-state index contributed by atoms with van der Waals surface area (Å²) in [5, 5.41) is 5.00. The standard InChI is InChI=1S/C22H24FN5O5/c1-2-33-21(32)12-7-9-28(10-8-12)22-26-18-17(20(31)27-22)13(11-16(29)25-18)19(30)24-15-6-4-3-5-14(15)23/h3-6,12-13H,2,7-11H2,1H3,(H,24,30)(H2,25,26,27,29,31). The second kappa shape index (κ2) is 9.39. The number of para-hydroxylation sites is 1. The number of benzene rings is 1. The van der Waals surface area contributed by atoms with Gasteiger partial charge in [0.2, 0.25) is 17.8 Å². The number of hydrogen-bond acceptors (Lipinski definition) is 7. The van der Waals surface area contributed by atoms with Gasteiger partial charge in [0.25, 0.3) is 5.56 Å². The van der Waals surface area contributed by atoms with Crippen LogP contribution in [0.15, 0.2) is 29.1 Å². The Morgan fingerprint density at radius 2 is 1.97 bits per heavy atom. The van der Waals surface area contributed by atoms with E-state index in [1.807, 2.05) is 4.90 Å². The Morgan fingerprint density at radius 3 is 2.67 bits per heavy atom. The van der Waals surface area contributed by atoms with Gasteiger partial charge in [-0.05, 0) is 31.9 Å². The summed E-state index contributed by atoms with van der Waals surface area (Å²) in [5.41, 5.74) is -0.578. The first kappa shape index (κ1) is 22.4. The third kappa shape index (κ3) is 4.71. The molecule has 1 unspecified atom stereocenters. The summed E-state index contributed by atoms with van der Waals surface area (Å²) in [6, 6.07) is 5.64. The number of ether oxygens (including phenoxy) is 1. The van der Waals surface area contributed by atoms with Crippen molar-refractivity contribution in [1.29, 1.82) is 0 Å². The van der Waals surface area contributed by atoms with Crippen LogP contribution in [0.5, 0.6) is 0 Å². The van der Waals surface area contributed by atoms with Crippen molar-refractivity contribution in [2.24, 2.45) is 5.92 Å². The lowest BCUT2D eigenvalue weighted by atomic mass is 9.92. The Balaban J connectivity index is 1.55. The third-order valence-corrected chi connectivity index (χ3v) is 5.80. The van der Waals surface area contributed by atoms with Crippen molar-refractivity contribution >= 4 is 35.2 Å². The molecule has 10 nitrogen and oxygen atoms in total. The van der Waals surface area contributed by atoms with E-state index in [9.17, 15) is 23.6 Å². The summed E-state index contributed by atoms with van der Waals surface area (Å²) in [5.74, 6) is -3.08. The SMILES string of the molecule is CCOC(=O)C1CCN(c2nc3c(c(=O)[nH]2)C(C(=O)Nc2ccccc2F)CC(=O)N3)CC1. The van der Waals surface area contributed by atoms with Gasteiger partial charge in [0.05, 0.1) is 29.7 Å². The first-order valence-electron chi connectivity index (χ1n) is 10.8. The van der Waals surface area contributed by atoms with Crippen LogP contribution in [0.1, 0.15) is 37.7 Å². The molecule has 0 radical (unpaired) electrons. The number of esters is 1. The minimum atomic E-state index is -1.12. The van der Waals surface area contributed by atoms with Crippen molar-refractivity contribution in [3.05, 3.63) is 46.0 Å². The van der Waals surface area contributed by atoms with Crippen molar-refractivity contribution in [2.75, 3.05) is 35.2 Å². The monoisotopic (exact) mass is 457 g/mol. The molecule has 2 aliphatic rings. The highest BCUT2D eigenvalue weighted by Crippen LogP contribution is 2.31.